The Morgan fingerprint density at radius 3 is 0.790 bits per heavy atom. The summed E-state index contributed by atoms with van der Waals surface area (Å²) in [5.74, 6) is -1.97. The molecule has 0 bridgehead atoms. The van der Waals surface area contributed by atoms with Gasteiger partial charge in [-0.2, -0.15) is 0 Å². The maximum Gasteiger partial charge on any atom is 0.361 e. The number of carboxylic acids is 1. The molecule has 0 aromatic carbocycles. The molecule has 9 nitrogen and oxygen atoms in total. The molecule has 2 atom stereocenters. The van der Waals surface area contributed by atoms with E-state index in [1.54, 1.807) is 0 Å². The number of carbonyl (C=O) groups excluding carboxylic acids is 2. The van der Waals surface area contributed by atoms with Crippen LogP contribution in [0.15, 0.2) is 0 Å². The number of quaternary nitrogens is 1. The molecule has 0 aliphatic heterocycles. The number of carboxylic acid groups (broad SMARTS) is 1. The number of rotatable bonds is 69. The summed E-state index contributed by atoms with van der Waals surface area (Å²) in [4.78, 5) is 37.6. The Morgan fingerprint density at radius 2 is 0.556 bits per heavy atom. The van der Waals surface area contributed by atoms with Gasteiger partial charge in [-0.15, -0.1) is 0 Å². The Bertz CT molecular complexity index is 1290. The van der Waals surface area contributed by atoms with Crippen molar-refractivity contribution in [3.63, 3.8) is 0 Å². The summed E-state index contributed by atoms with van der Waals surface area (Å²) >= 11 is 0. The average molecular weight is 1150 g/mol. The number of esters is 2. The second-order valence-corrected chi connectivity index (χ2v) is 26.3. The molecule has 0 aromatic rings. The zero-order valence-corrected chi connectivity index (χ0v) is 55.2. The van der Waals surface area contributed by atoms with E-state index in [-0.39, 0.29) is 38.2 Å². The van der Waals surface area contributed by atoms with Crippen LogP contribution in [0, 0.1) is 0 Å². The summed E-state index contributed by atoms with van der Waals surface area (Å²) < 4.78 is 23.0. The van der Waals surface area contributed by atoms with Crippen LogP contribution in [0.5, 0.6) is 0 Å². The summed E-state index contributed by atoms with van der Waals surface area (Å²) in [6.45, 7) is 4.97. The Hall–Kier alpha value is -1.71. The quantitative estimate of drug-likeness (QED) is 0.0278. The molecule has 9 heteroatoms. The molecule has 1 N–H and O–H groups in total. The Kier molecular flexibility index (Phi) is 62.9. The molecule has 2 unspecified atom stereocenters. The van der Waals surface area contributed by atoms with Crippen molar-refractivity contribution in [3.05, 3.63) is 0 Å². The summed E-state index contributed by atoms with van der Waals surface area (Å²) in [6.07, 6.45) is 73.8. The standard InChI is InChI=1S/C72H141NO8/c1-6-8-10-12-14-16-18-20-22-24-26-28-29-30-31-32-33-34-35-36-37-38-39-40-41-42-43-45-47-49-51-53-55-57-59-61-63-70(75)81-68(67-80-72(71(76)77)78-65-64-73(3,4)5)66-79-69(74)62-60-58-56-54-52-50-48-46-44-27-25-23-21-19-17-15-13-11-9-7-2/h68,72H,6-67H2,1-5H3/p+1. The molecule has 482 valence electrons. The molecule has 0 heterocycles. The first kappa shape index (κ1) is 79.3. The van der Waals surface area contributed by atoms with E-state index >= 15 is 0 Å². The van der Waals surface area contributed by atoms with Gasteiger partial charge in [-0.05, 0) is 12.8 Å². The zero-order valence-electron chi connectivity index (χ0n) is 55.2. The van der Waals surface area contributed by atoms with Crippen LogP contribution in [0.3, 0.4) is 0 Å². The van der Waals surface area contributed by atoms with Gasteiger partial charge in [0.25, 0.3) is 6.29 Å². The van der Waals surface area contributed by atoms with Crippen molar-refractivity contribution in [1.29, 1.82) is 0 Å². The lowest BCUT2D eigenvalue weighted by molar-refractivity contribution is -0.870. The third-order valence-electron chi connectivity index (χ3n) is 16.9. The van der Waals surface area contributed by atoms with Gasteiger partial charge in [-0.3, -0.25) is 9.59 Å². The molecular weight excluding hydrogens is 1010 g/mol. The van der Waals surface area contributed by atoms with Crippen LogP contribution in [0.2, 0.25) is 0 Å². The molecular formula is C72H142NO8+. The normalized spacial score (nSPS) is 12.6. The lowest BCUT2D eigenvalue weighted by Gasteiger charge is -2.25. The maximum atomic E-state index is 12.9. The van der Waals surface area contributed by atoms with Crippen LogP contribution in [0.4, 0.5) is 0 Å². The zero-order chi connectivity index (χ0) is 59.1. The first-order valence-electron chi connectivity index (χ1n) is 36.2. The van der Waals surface area contributed by atoms with E-state index in [4.69, 9.17) is 18.9 Å². The average Bonchev–Trinajstić information content (AvgIpc) is 3.44. The minimum absolute atomic E-state index is 0.172. The van der Waals surface area contributed by atoms with Crippen LogP contribution in [-0.2, 0) is 33.3 Å². The van der Waals surface area contributed by atoms with Crippen LogP contribution < -0.4 is 0 Å². The third kappa shape index (κ3) is 65.7. The van der Waals surface area contributed by atoms with Crippen molar-refractivity contribution in [2.45, 2.75) is 399 Å². The molecule has 0 saturated heterocycles. The second kappa shape index (κ2) is 64.3. The molecule has 0 aromatic heterocycles. The first-order chi connectivity index (χ1) is 39.6. The fourth-order valence-corrected chi connectivity index (χ4v) is 11.3. The van der Waals surface area contributed by atoms with Gasteiger partial charge in [0.15, 0.2) is 6.10 Å². The fourth-order valence-electron chi connectivity index (χ4n) is 11.3. The van der Waals surface area contributed by atoms with Crippen molar-refractivity contribution in [3.8, 4) is 0 Å². The SMILES string of the molecule is CCCCCCCCCCCCCCCCCCCCCCCCCCCCCCCCCCCCCCC(=O)OC(COC(=O)CCCCCCCCCCCCCCCCCCCCCC)COC(OCC[N+](C)(C)C)C(=O)O. The van der Waals surface area contributed by atoms with Crippen molar-refractivity contribution >= 4 is 17.9 Å². The second-order valence-electron chi connectivity index (χ2n) is 26.3. The number of hydrogen-bond acceptors (Lipinski definition) is 7. The van der Waals surface area contributed by atoms with E-state index in [9.17, 15) is 19.5 Å². The lowest BCUT2D eigenvalue weighted by Crippen LogP contribution is -2.40. The number of likely N-dealkylation sites (N-methyl/N-ethyl adjacent to an activating group) is 1. The molecule has 0 rings (SSSR count). The predicted octanol–water partition coefficient (Wildman–Crippen LogP) is 22.3. The number of unbranched alkanes of at least 4 members (excludes halogenated alkanes) is 54. The largest absolute Gasteiger partial charge is 0.477 e. The number of carbonyl (C=O) groups is 3. The fraction of sp³-hybridized carbons (Fsp3) is 0.958. The van der Waals surface area contributed by atoms with Gasteiger partial charge in [0.1, 0.15) is 13.2 Å². The van der Waals surface area contributed by atoms with Gasteiger partial charge in [-0.1, -0.05) is 361 Å². The van der Waals surface area contributed by atoms with E-state index < -0.39 is 18.4 Å². The van der Waals surface area contributed by atoms with E-state index in [2.05, 4.69) is 13.8 Å². The molecule has 0 aliphatic carbocycles. The van der Waals surface area contributed by atoms with Crippen LogP contribution in [0.25, 0.3) is 0 Å². The van der Waals surface area contributed by atoms with E-state index in [0.29, 0.717) is 17.4 Å². The Labute approximate surface area is 504 Å². The molecule has 0 spiro atoms. The summed E-state index contributed by atoms with van der Waals surface area (Å²) in [7, 11) is 6.00. The molecule has 81 heavy (non-hydrogen) atoms. The van der Waals surface area contributed by atoms with Gasteiger partial charge in [0, 0.05) is 12.8 Å². The molecule has 0 amide bonds. The van der Waals surface area contributed by atoms with Gasteiger partial charge in [-0.25, -0.2) is 4.79 Å². The minimum atomic E-state index is -1.50. The summed E-state index contributed by atoms with van der Waals surface area (Å²) in [6, 6.07) is 0. The lowest BCUT2D eigenvalue weighted by atomic mass is 10.0. The monoisotopic (exact) mass is 1150 g/mol. The molecule has 0 aliphatic rings. The predicted molar refractivity (Wildman–Crippen MR) is 346 cm³/mol. The highest BCUT2D eigenvalue weighted by molar-refractivity contribution is 5.71. The van der Waals surface area contributed by atoms with E-state index in [0.717, 1.165) is 38.5 Å². The number of nitrogens with zero attached hydrogens (tertiary/aromatic N) is 1. The van der Waals surface area contributed by atoms with E-state index in [1.807, 2.05) is 21.1 Å². The number of hydrogen-bond donors (Lipinski definition) is 1. The van der Waals surface area contributed by atoms with Crippen molar-refractivity contribution < 1.29 is 42.9 Å². The highest BCUT2D eigenvalue weighted by atomic mass is 16.7. The minimum Gasteiger partial charge on any atom is -0.477 e. The summed E-state index contributed by atoms with van der Waals surface area (Å²) in [5, 5.41) is 9.74. The van der Waals surface area contributed by atoms with Gasteiger partial charge in [0.05, 0.1) is 34.4 Å². The first-order valence-corrected chi connectivity index (χ1v) is 36.2. The highest BCUT2D eigenvalue weighted by Crippen LogP contribution is 2.20. The smallest absolute Gasteiger partial charge is 0.361 e. The van der Waals surface area contributed by atoms with Gasteiger partial charge >= 0.3 is 17.9 Å². The molecule has 0 saturated carbocycles. The number of aliphatic carboxylic acids is 1. The maximum absolute atomic E-state index is 12.9. The highest BCUT2D eigenvalue weighted by Gasteiger charge is 2.25. The third-order valence-corrected chi connectivity index (χ3v) is 16.9. The Morgan fingerprint density at radius 1 is 0.321 bits per heavy atom. The van der Waals surface area contributed by atoms with Gasteiger partial charge < -0.3 is 28.5 Å². The van der Waals surface area contributed by atoms with Gasteiger partial charge in [0.2, 0.25) is 0 Å². The summed E-state index contributed by atoms with van der Waals surface area (Å²) in [5.41, 5.74) is 0. The topological polar surface area (TPSA) is 108 Å². The van der Waals surface area contributed by atoms with Crippen LogP contribution in [-0.4, -0.2) is 87.4 Å². The van der Waals surface area contributed by atoms with Crippen molar-refractivity contribution in [2.24, 2.45) is 0 Å². The van der Waals surface area contributed by atoms with Crippen LogP contribution >= 0.6 is 0 Å². The van der Waals surface area contributed by atoms with Crippen LogP contribution in [0.1, 0.15) is 386 Å². The Balaban J connectivity index is 3.96. The van der Waals surface area contributed by atoms with Crippen molar-refractivity contribution in [2.75, 3.05) is 47.5 Å². The van der Waals surface area contributed by atoms with E-state index in [1.165, 1.54) is 321 Å². The number of ether oxygens (including phenoxy) is 4. The molecule has 0 radical (unpaired) electrons. The molecule has 0 fully saturated rings. The van der Waals surface area contributed by atoms with Crippen molar-refractivity contribution in [1.82, 2.24) is 0 Å².